The number of rotatable bonds is 4. The minimum Gasteiger partial charge on any atom is -0.376 e. The topological polar surface area (TPSA) is 64.9 Å². The average Bonchev–Trinajstić information content (AvgIpc) is 2.46. The highest BCUT2D eigenvalue weighted by Crippen LogP contribution is 2.16. The Balaban J connectivity index is 1.94. The second kappa shape index (κ2) is 6.58. The number of aryl methyl sites for hydroxylation is 2. The van der Waals surface area contributed by atoms with E-state index in [0.29, 0.717) is 11.3 Å². The van der Waals surface area contributed by atoms with Crippen LogP contribution in [0.5, 0.6) is 0 Å². The quantitative estimate of drug-likeness (QED) is 0.903. The van der Waals surface area contributed by atoms with Crippen LogP contribution in [0.2, 0.25) is 0 Å². The Morgan fingerprint density at radius 1 is 1.19 bits per heavy atom. The molecule has 0 heterocycles. The van der Waals surface area contributed by atoms with Crippen molar-refractivity contribution in [2.75, 3.05) is 17.2 Å². The van der Waals surface area contributed by atoms with Gasteiger partial charge in [0, 0.05) is 11.4 Å². The van der Waals surface area contributed by atoms with Crippen molar-refractivity contribution >= 4 is 17.3 Å². The molecule has 0 saturated heterocycles. The fraction of sp³-hybridized carbons (Fsp3) is 0.176. The van der Waals surface area contributed by atoms with E-state index in [4.69, 9.17) is 5.26 Å². The zero-order chi connectivity index (χ0) is 15.2. The summed E-state index contributed by atoms with van der Waals surface area (Å²) in [5.41, 5.74) is 4.39. The van der Waals surface area contributed by atoms with Crippen LogP contribution in [-0.2, 0) is 4.79 Å². The lowest BCUT2D eigenvalue weighted by Crippen LogP contribution is -2.22. The molecule has 0 aromatic heterocycles. The lowest BCUT2D eigenvalue weighted by molar-refractivity contribution is -0.114. The second-order valence-corrected chi connectivity index (χ2v) is 4.91. The Kier molecular flexibility index (Phi) is 4.57. The molecule has 0 bridgehead atoms. The summed E-state index contributed by atoms with van der Waals surface area (Å²) in [6.07, 6.45) is 0. The highest BCUT2D eigenvalue weighted by molar-refractivity contribution is 5.94. The number of hydrogen-bond donors (Lipinski definition) is 2. The Bertz CT molecular complexity index is 701. The van der Waals surface area contributed by atoms with Gasteiger partial charge in [-0.05, 0) is 43.7 Å². The molecule has 0 atom stereocenters. The van der Waals surface area contributed by atoms with Gasteiger partial charge < -0.3 is 10.6 Å². The lowest BCUT2D eigenvalue weighted by Gasteiger charge is -2.10. The molecule has 0 aliphatic carbocycles. The van der Waals surface area contributed by atoms with Crippen LogP contribution in [0.3, 0.4) is 0 Å². The molecule has 0 aliphatic rings. The summed E-state index contributed by atoms with van der Waals surface area (Å²) in [6, 6.07) is 14.9. The van der Waals surface area contributed by atoms with Gasteiger partial charge in [0.05, 0.1) is 18.2 Å². The van der Waals surface area contributed by atoms with Gasteiger partial charge >= 0.3 is 0 Å². The minimum atomic E-state index is -0.148. The zero-order valence-electron chi connectivity index (χ0n) is 12.1. The van der Waals surface area contributed by atoms with Crippen LogP contribution in [0.15, 0.2) is 42.5 Å². The standard InChI is InChI=1S/C17H17N3O/c1-12-6-7-16(13(2)8-12)19-11-17(21)20-15-5-3-4-14(9-15)10-18/h3-9,19H,11H2,1-2H3,(H,20,21). The van der Waals surface area contributed by atoms with Crippen LogP contribution in [0.25, 0.3) is 0 Å². The first-order valence-electron chi connectivity index (χ1n) is 6.69. The van der Waals surface area contributed by atoms with Gasteiger partial charge in [-0.25, -0.2) is 0 Å². The van der Waals surface area contributed by atoms with Crippen LogP contribution >= 0.6 is 0 Å². The summed E-state index contributed by atoms with van der Waals surface area (Å²) < 4.78 is 0. The molecule has 0 radical (unpaired) electrons. The Morgan fingerprint density at radius 2 is 2.00 bits per heavy atom. The van der Waals surface area contributed by atoms with E-state index >= 15 is 0 Å². The van der Waals surface area contributed by atoms with Gasteiger partial charge in [-0.1, -0.05) is 23.8 Å². The summed E-state index contributed by atoms with van der Waals surface area (Å²) >= 11 is 0. The van der Waals surface area contributed by atoms with Crippen molar-refractivity contribution in [1.29, 1.82) is 5.26 Å². The monoisotopic (exact) mass is 279 g/mol. The third kappa shape index (κ3) is 4.08. The number of nitrogens with zero attached hydrogens (tertiary/aromatic N) is 1. The molecule has 0 unspecified atom stereocenters. The van der Waals surface area contributed by atoms with Gasteiger partial charge in [0.25, 0.3) is 0 Å². The van der Waals surface area contributed by atoms with E-state index in [1.165, 1.54) is 5.56 Å². The highest BCUT2D eigenvalue weighted by atomic mass is 16.1. The second-order valence-electron chi connectivity index (χ2n) is 4.91. The average molecular weight is 279 g/mol. The van der Waals surface area contributed by atoms with Gasteiger partial charge in [0.2, 0.25) is 5.91 Å². The number of amides is 1. The molecule has 0 fully saturated rings. The summed E-state index contributed by atoms with van der Waals surface area (Å²) in [4.78, 5) is 11.9. The molecule has 2 aromatic carbocycles. The SMILES string of the molecule is Cc1ccc(NCC(=O)Nc2cccc(C#N)c2)c(C)c1. The van der Waals surface area contributed by atoms with Crippen LogP contribution < -0.4 is 10.6 Å². The smallest absolute Gasteiger partial charge is 0.243 e. The molecule has 4 nitrogen and oxygen atoms in total. The summed E-state index contributed by atoms with van der Waals surface area (Å²) in [7, 11) is 0. The molecule has 106 valence electrons. The molecule has 0 aliphatic heterocycles. The zero-order valence-corrected chi connectivity index (χ0v) is 12.1. The van der Waals surface area contributed by atoms with Crippen molar-refractivity contribution in [1.82, 2.24) is 0 Å². The van der Waals surface area contributed by atoms with Gasteiger partial charge in [0.1, 0.15) is 0 Å². The molecule has 2 N–H and O–H groups in total. The fourth-order valence-corrected chi connectivity index (χ4v) is 2.06. The first kappa shape index (κ1) is 14.6. The van der Waals surface area contributed by atoms with Crippen LogP contribution in [-0.4, -0.2) is 12.5 Å². The Labute approximate surface area is 124 Å². The van der Waals surface area contributed by atoms with Crippen LogP contribution in [0, 0.1) is 25.2 Å². The van der Waals surface area contributed by atoms with Crippen molar-refractivity contribution in [3.63, 3.8) is 0 Å². The predicted molar refractivity (Wildman–Crippen MR) is 84.2 cm³/mol. The number of nitrogens with one attached hydrogen (secondary N) is 2. The predicted octanol–water partition coefficient (Wildman–Crippen LogP) is 3.23. The molecule has 2 aromatic rings. The van der Waals surface area contributed by atoms with E-state index in [1.54, 1.807) is 24.3 Å². The van der Waals surface area contributed by atoms with E-state index in [1.807, 2.05) is 32.0 Å². The minimum absolute atomic E-state index is 0.148. The van der Waals surface area contributed by atoms with Crippen molar-refractivity contribution in [3.8, 4) is 6.07 Å². The van der Waals surface area contributed by atoms with Crippen molar-refractivity contribution in [2.24, 2.45) is 0 Å². The van der Waals surface area contributed by atoms with Gasteiger partial charge in [-0.3, -0.25) is 4.79 Å². The van der Waals surface area contributed by atoms with Crippen molar-refractivity contribution in [3.05, 3.63) is 59.2 Å². The maximum Gasteiger partial charge on any atom is 0.243 e. The van der Waals surface area contributed by atoms with Gasteiger partial charge in [0.15, 0.2) is 0 Å². The van der Waals surface area contributed by atoms with Crippen molar-refractivity contribution < 1.29 is 4.79 Å². The first-order valence-corrected chi connectivity index (χ1v) is 6.69. The van der Waals surface area contributed by atoms with Crippen LogP contribution in [0.1, 0.15) is 16.7 Å². The van der Waals surface area contributed by atoms with Gasteiger partial charge in [-0.2, -0.15) is 5.26 Å². The molecule has 1 amide bonds. The molecule has 4 heteroatoms. The summed E-state index contributed by atoms with van der Waals surface area (Å²) in [5, 5.41) is 14.7. The molecule has 0 spiro atoms. The summed E-state index contributed by atoms with van der Waals surface area (Å²) in [5.74, 6) is -0.148. The number of nitriles is 1. The fourth-order valence-electron chi connectivity index (χ4n) is 2.06. The van der Waals surface area contributed by atoms with E-state index < -0.39 is 0 Å². The molecule has 0 saturated carbocycles. The van der Waals surface area contributed by atoms with E-state index in [-0.39, 0.29) is 12.5 Å². The normalized spacial score (nSPS) is 9.76. The number of carbonyl (C=O) groups is 1. The number of benzene rings is 2. The van der Waals surface area contributed by atoms with Crippen molar-refractivity contribution in [2.45, 2.75) is 13.8 Å². The summed E-state index contributed by atoms with van der Waals surface area (Å²) in [6.45, 7) is 4.22. The van der Waals surface area contributed by atoms with Crippen LogP contribution in [0.4, 0.5) is 11.4 Å². The van der Waals surface area contributed by atoms with Gasteiger partial charge in [-0.15, -0.1) is 0 Å². The van der Waals surface area contributed by atoms with E-state index in [0.717, 1.165) is 11.3 Å². The van der Waals surface area contributed by atoms with E-state index in [2.05, 4.69) is 16.7 Å². The Hall–Kier alpha value is -2.80. The maximum absolute atomic E-state index is 11.9. The lowest BCUT2D eigenvalue weighted by atomic mass is 10.1. The molecule has 2 rings (SSSR count). The first-order chi connectivity index (χ1) is 10.1. The molecular formula is C17H17N3O. The Morgan fingerprint density at radius 3 is 2.71 bits per heavy atom. The number of anilines is 2. The number of carbonyl (C=O) groups excluding carboxylic acids is 1. The molecule has 21 heavy (non-hydrogen) atoms. The molecular weight excluding hydrogens is 262 g/mol. The third-order valence-corrected chi connectivity index (χ3v) is 3.10. The number of hydrogen-bond acceptors (Lipinski definition) is 3. The maximum atomic E-state index is 11.9. The largest absolute Gasteiger partial charge is 0.376 e. The third-order valence-electron chi connectivity index (χ3n) is 3.10. The van der Waals surface area contributed by atoms with E-state index in [9.17, 15) is 4.79 Å². The highest BCUT2D eigenvalue weighted by Gasteiger charge is 2.04.